The molecule has 2 saturated heterocycles. The number of ether oxygens (including phenoxy) is 2. The Morgan fingerprint density at radius 1 is 1.14 bits per heavy atom. The minimum atomic E-state index is -3.51. The highest BCUT2D eigenvalue weighted by Crippen LogP contribution is 2.46. The van der Waals surface area contributed by atoms with Crippen molar-refractivity contribution in [2.45, 2.75) is 63.1 Å². The Morgan fingerprint density at radius 3 is 2.75 bits per heavy atom. The van der Waals surface area contributed by atoms with E-state index < -0.39 is 16.0 Å². The van der Waals surface area contributed by atoms with Gasteiger partial charge in [-0.05, 0) is 69.7 Å². The summed E-state index contributed by atoms with van der Waals surface area (Å²) in [7, 11) is -3.51. The van der Waals surface area contributed by atoms with E-state index in [9.17, 15) is 12.8 Å². The minimum absolute atomic E-state index is 0.150. The average Bonchev–Trinajstić information content (AvgIpc) is 2.87. The first kappa shape index (κ1) is 23.5. The third-order valence-electron chi connectivity index (χ3n) is 7.69. The van der Waals surface area contributed by atoms with Crippen LogP contribution in [0.5, 0.6) is 5.75 Å². The molecular weight excluding hydrogens is 485 g/mol. The highest BCUT2D eigenvalue weighted by molar-refractivity contribution is 7.92. The third kappa shape index (κ3) is 4.39. The number of aromatic nitrogens is 3. The zero-order valence-electron chi connectivity index (χ0n) is 20.0. The number of hydrogen-bond acceptors (Lipinski definition) is 8. The maximum absolute atomic E-state index is 14.7. The fourth-order valence-corrected chi connectivity index (χ4v) is 6.25. The van der Waals surface area contributed by atoms with Gasteiger partial charge in [0.05, 0.1) is 35.1 Å². The molecule has 2 N–H and O–H groups in total. The van der Waals surface area contributed by atoms with Crippen LogP contribution in [0.3, 0.4) is 0 Å². The predicted molar refractivity (Wildman–Crippen MR) is 132 cm³/mol. The number of hydrogen-bond donors (Lipinski definition) is 2. The van der Waals surface area contributed by atoms with Gasteiger partial charge in [0.1, 0.15) is 5.82 Å². The molecule has 11 heteroatoms. The molecule has 1 aliphatic carbocycles. The van der Waals surface area contributed by atoms with E-state index in [1.165, 1.54) is 6.20 Å². The molecule has 3 aliphatic heterocycles. The number of nitrogens with one attached hydrogen (secondary N) is 2. The molecule has 0 aromatic carbocycles. The summed E-state index contributed by atoms with van der Waals surface area (Å²) in [5.41, 5.74) is 3.12. The lowest BCUT2D eigenvalue weighted by molar-refractivity contribution is -0.165. The second-order valence-corrected chi connectivity index (χ2v) is 11.8. The van der Waals surface area contributed by atoms with Crippen LogP contribution in [0.15, 0.2) is 30.5 Å². The highest BCUT2D eigenvalue weighted by Gasteiger charge is 2.49. The van der Waals surface area contributed by atoms with Crippen molar-refractivity contribution in [1.29, 1.82) is 0 Å². The molecule has 1 saturated carbocycles. The van der Waals surface area contributed by atoms with Crippen LogP contribution in [-0.2, 0) is 27.7 Å². The molecule has 3 fully saturated rings. The number of pyridine rings is 3. The van der Waals surface area contributed by atoms with Crippen LogP contribution >= 0.6 is 0 Å². The second-order valence-electron chi connectivity index (χ2n) is 10.1. The summed E-state index contributed by atoms with van der Waals surface area (Å²) >= 11 is 0. The molecule has 190 valence electrons. The maximum Gasteiger partial charge on any atom is 0.269 e. The molecule has 0 unspecified atom stereocenters. The van der Waals surface area contributed by atoms with Gasteiger partial charge in [-0.25, -0.2) is 17.8 Å². The molecule has 3 aromatic rings. The lowest BCUT2D eigenvalue weighted by Gasteiger charge is -2.53. The van der Waals surface area contributed by atoms with E-state index >= 15 is 0 Å². The van der Waals surface area contributed by atoms with Crippen LogP contribution in [0, 0.1) is 12.7 Å². The van der Waals surface area contributed by atoms with E-state index in [-0.39, 0.29) is 22.8 Å². The van der Waals surface area contributed by atoms with Gasteiger partial charge >= 0.3 is 0 Å². The Labute approximate surface area is 208 Å². The van der Waals surface area contributed by atoms with E-state index in [4.69, 9.17) is 9.47 Å². The van der Waals surface area contributed by atoms with Gasteiger partial charge in [-0.2, -0.15) is 0 Å². The molecule has 7 rings (SSSR count). The van der Waals surface area contributed by atoms with Gasteiger partial charge in [0.25, 0.3) is 10.0 Å². The molecule has 0 spiro atoms. The highest BCUT2D eigenvalue weighted by atomic mass is 32.2. The number of aryl methyl sites for hydroxylation is 2. The summed E-state index contributed by atoms with van der Waals surface area (Å²) in [6.07, 6.45) is 6.26. The molecule has 0 amide bonds. The normalized spacial score (nSPS) is 26.3. The van der Waals surface area contributed by atoms with Gasteiger partial charge in [-0.3, -0.25) is 14.7 Å². The molecule has 6 heterocycles. The molecular formula is C25H28FN5O4S. The summed E-state index contributed by atoms with van der Waals surface area (Å²) in [6.45, 7) is 2.96. The summed E-state index contributed by atoms with van der Waals surface area (Å²) in [5, 5.41) is 3.61. The van der Waals surface area contributed by atoms with Crippen molar-refractivity contribution in [3.05, 3.63) is 53.2 Å². The van der Waals surface area contributed by atoms with Crippen LogP contribution in [0.2, 0.25) is 0 Å². The number of sulfonamides is 1. The van der Waals surface area contributed by atoms with Crippen LogP contribution in [-0.4, -0.2) is 47.1 Å². The van der Waals surface area contributed by atoms with Crippen LogP contribution in [0.4, 0.5) is 10.2 Å². The quantitative estimate of drug-likeness (QED) is 0.516. The Kier molecular flexibility index (Phi) is 5.62. The summed E-state index contributed by atoms with van der Waals surface area (Å²) < 4.78 is 52.4. The minimum Gasteiger partial charge on any atom is -0.472 e. The van der Waals surface area contributed by atoms with Crippen LogP contribution in [0.1, 0.15) is 49.1 Å². The molecule has 4 aliphatic rings. The first-order chi connectivity index (χ1) is 17.2. The summed E-state index contributed by atoms with van der Waals surface area (Å²) in [5.74, 6) is -0.0632. The Bertz CT molecular complexity index is 1420. The van der Waals surface area contributed by atoms with E-state index in [0.29, 0.717) is 41.9 Å². The van der Waals surface area contributed by atoms with Gasteiger partial charge in [0.2, 0.25) is 5.94 Å². The Hall–Kier alpha value is -2.89. The van der Waals surface area contributed by atoms with Crippen LogP contribution < -0.4 is 14.8 Å². The number of fused-ring (bicyclic) bond motifs is 5. The largest absolute Gasteiger partial charge is 0.472 e. The van der Waals surface area contributed by atoms with Gasteiger partial charge in [0.15, 0.2) is 11.6 Å². The molecule has 2 bridgehead atoms. The summed E-state index contributed by atoms with van der Waals surface area (Å²) in [4.78, 5) is 13.2. The van der Waals surface area contributed by atoms with E-state index in [1.807, 2.05) is 25.1 Å². The van der Waals surface area contributed by atoms with Crippen molar-refractivity contribution in [2.24, 2.45) is 0 Å². The topological polar surface area (TPSA) is 115 Å². The number of halogens is 1. The molecule has 0 radical (unpaired) electrons. The van der Waals surface area contributed by atoms with Crippen molar-refractivity contribution in [1.82, 2.24) is 20.3 Å². The van der Waals surface area contributed by atoms with Crippen molar-refractivity contribution in [3.63, 3.8) is 0 Å². The van der Waals surface area contributed by atoms with E-state index in [2.05, 4.69) is 25.0 Å². The standard InChI is InChI=1S/C25H28FN5O4S/c1-16-2-4-20-22(29-16)18(19(26)13-27-20)6-7-25-10-8-24(9-11-25,14-35-25)28-12-17-3-5-21-23(30-17)31-36(32,33)15-34-21/h2-5,13,28H,6-12,14-15H2,1H3,(H,30,31). The van der Waals surface area contributed by atoms with Crippen molar-refractivity contribution in [2.75, 3.05) is 17.3 Å². The van der Waals surface area contributed by atoms with E-state index in [0.717, 1.165) is 43.5 Å². The van der Waals surface area contributed by atoms with Gasteiger partial charge in [-0.15, -0.1) is 0 Å². The lowest BCUT2D eigenvalue weighted by atomic mass is 9.69. The molecule has 9 nitrogen and oxygen atoms in total. The SMILES string of the molecule is Cc1ccc2ncc(F)c(CCC34CCC(NCc5ccc6c(n5)NS(=O)(=O)CO6)(CC3)CO4)c2n1. The van der Waals surface area contributed by atoms with Crippen molar-refractivity contribution < 1.29 is 22.3 Å². The van der Waals surface area contributed by atoms with Gasteiger partial charge in [0, 0.05) is 23.3 Å². The predicted octanol–water partition coefficient (Wildman–Crippen LogP) is 3.37. The zero-order chi connectivity index (χ0) is 25.0. The lowest BCUT2D eigenvalue weighted by Crippen LogP contribution is -2.61. The number of nitrogens with zero attached hydrogens (tertiary/aromatic N) is 3. The average molecular weight is 514 g/mol. The van der Waals surface area contributed by atoms with Gasteiger partial charge < -0.3 is 14.8 Å². The monoisotopic (exact) mass is 513 g/mol. The first-order valence-electron chi connectivity index (χ1n) is 12.2. The fourth-order valence-electron chi connectivity index (χ4n) is 5.47. The third-order valence-corrected chi connectivity index (χ3v) is 8.62. The first-order valence-corrected chi connectivity index (χ1v) is 13.8. The molecule has 3 aromatic heterocycles. The Morgan fingerprint density at radius 2 is 1.97 bits per heavy atom. The fraction of sp³-hybridized carbons (Fsp3) is 0.480. The Balaban J connectivity index is 1.10. The number of rotatable bonds is 6. The van der Waals surface area contributed by atoms with Crippen LogP contribution in [0.25, 0.3) is 11.0 Å². The summed E-state index contributed by atoms with van der Waals surface area (Å²) in [6, 6.07) is 7.35. The van der Waals surface area contributed by atoms with Crippen molar-refractivity contribution in [3.8, 4) is 5.75 Å². The van der Waals surface area contributed by atoms with Crippen molar-refractivity contribution >= 4 is 26.9 Å². The maximum atomic E-state index is 14.7. The zero-order valence-corrected chi connectivity index (χ0v) is 20.8. The molecule has 36 heavy (non-hydrogen) atoms. The molecule has 0 atom stereocenters. The second kappa shape index (κ2) is 8.60. The van der Waals surface area contributed by atoms with E-state index in [1.54, 1.807) is 6.07 Å². The van der Waals surface area contributed by atoms with Gasteiger partial charge in [-0.1, -0.05) is 0 Å². The number of anilines is 1. The smallest absolute Gasteiger partial charge is 0.269 e.